The van der Waals surface area contributed by atoms with Crippen LogP contribution in [0.3, 0.4) is 0 Å². The number of fused-ring (bicyclic) bond motifs is 5. The van der Waals surface area contributed by atoms with Crippen LogP contribution in [-0.4, -0.2) is 51.3 Å². The van der Waals surface area contributed by atoms with Crippen LogP contribution in [0.2, 0.25) is 0 Å². The summed E-state index contributed by atoms with van der Waals surface area (Å²) in [7, 11) is 1.79. The summed E-state index contributed by atoms with van der Waals surface area (Å²) in [6, 6.07) is 10.4. The third-order valence-electron chi connectivity index (χ3n) is 7.55. The minimum atomic E-state index is -0.355. The second kappa shape index (κ2) is 8.10. The zero-order chi connectivity index (χ0) is 25.3. The van der Waals surface area contributed by atoms with Crippen molar-refractivity contribution in [3.05, 3.63) is 77.0 Å². The van der Waals surface area contributed by atoms with Gasteiger partial charge in [0.15, 0.2) is 0 Å². The van der Waals surface area contributed by atoms with Crippen molar-refractivity contribution in [1.82, 2.24) is 24.6 Å². The molecule has 1 saturated heterocycles. The normalized spacial score (nSPS) is 20.4. The predicted molar refractivity (Wildman–Crippen MR) is 133 cm³/mol. The summed E-state index contributed by atoms with van der Waals surface area (Å²) in [5.74, 6) is -0.0341. The fraction of sp³-hybridized carbons (Fsp3) is 0.259. The Labute approximate surface area is 211 Å². The molecule has 0 radical (unpaired) electrons. The molecule has 0 unspecified atom stereocenters. The molecule has 1 fully saturated rings. The molecule has 0 aliphatic carbocycles. The van der Waals surface area contributed by atoms with E-state index in [2.05, 4.69) is 15.6 Å². The number of amides is 2. The first-order valence-electron chi connectivity index (χ1n) is 12.1. The lowest BCUT2D eigenvalue weighted by Gasteiger charge is -2.18. The second-order valence-corrected chi connectivity index (χ2v) is 9.72. The SMILES string of the molecule is CN1Cc2nc(Nc3ccc(-c4cnc5cc(F)ccn45)c4c3C(=O)NC4)ccc2[C@H]2COC[C@H]2C1=O. The summed E-state index contributed by atoms with van der Waals surface area (Å²) in [5, 5.41) is 6.25. The number of rotatable bonds is 3. The van der Waals surface area contributed by atoms with E-state index in [-0.39, 0.29) is 29.5 Å². The highest BCUT2D eigenvalue weighted by molar-refractivity contribution is 6.06. The number of carbonyl (C=O) groups excluding carboxylic acids is 2. The monoisotopic (exact) mass is 498 g/mol. The fourth-order valence-corrected chi connectivity index (χ4v) is 5.72. The molecule has 2 amide bonds. The Balaban J connectivity index is 1.27. The van der Waals surface area contributed by atoms with E-state index >= 15 is 0 Å². The Morgan fingerprint density at radius 1 is 1.14 bits per heavy atom. The lowest BCUT2D eigenvalue weighted by atomic mass is 9.88. The van der Waals surface area contributed by atoms with Crippen molar-refractivity contribution in [2.75, 3.05) is 25.6 Å². The molecule has 3 aromatic heterocycles. The molecule has 0 spiro atoms. The second-order valence-electron chi connectivity index (χ2n) is 9.72. The van der Waals surface area contributed by atoms with Crippen molar-refractivity contribution in [1.29, 1.82) is 0 Å². The summed E-state index contributed by atoms with van der Waals surface area (Å²) in [4.78, 5) is 36.6. The molecular formula is C27H23FN6O3. The molecule has 2 atom stereocenters. The van der Waals surface area contributed by atoms with Crippen molar-refractivity contribution < 1.29 is 18.7 Å². The number of ether oxygens (including phenoxy) is 1. The molecule has 2 N–H and O–H groups in total. The van der Waals surface area contributed by atoms with Gasteiger partial charge in [-0.2, -0.15) is 0 Å². The summed E-state index contributed by atoms with van der Waals surface area (Å²) in [5.41, 5.74) is 6.01. The predicted octanol–water partition coefficient (Wildman–Crippen LogP) is 3.22. The Morgan fingerprint density at radius 3 is 2.89 bits per heavy atom. The van der Waals surface area contributed by atoms with Crippen LogP contribution in [0.15, 0.2) is 48.8 Å². The molecule has 9 nitrogen and oxygen atoms in total. The van der Waals surface area contributed by atoms with Gasteiger partial charge in [0.2, 0.25) is 5.91 Å². The van der Waals surface area contributed by atoms with Crippen LogP contribution in [0.1, 0.15) is 33.1 Å². The third kappa shape index (κ3) is 3.40. The van der Waals surface area contributed by atoms with Crippen molar-refractivity contribution in [2.24, 2.45) is 5.92 Å². The molecule has 3 aliphatic rings. The first kappa shape index (κ1) is 21.9. The third-order valence-corrected chi connectivity index (χ3v) is 7.55. The maximum Gasteiger partial charge on any atom is 0.254 e. The lowest BCUT2D eigenvalue weighted by molar-refractivity contribution is -0.134. The van der Waals surface area contributed by atoms with Gasteiger partial charge in [0, 0.05) is 37.3 Å². The molecular weight excluding hydrogens is 475 g/mol. The van der Waals surface area contributed by atoms with E-state index in [0.29, 0.717) is 49.0 Å². The number of carbonyl (C=O) groups is 2. The molecule has 0 bridgehead atoms. The van der Waals surface area contributed by atoms with Gasteiger partial charge in [-0.15, -0.1) is 0 Å². The lowest BCUT2D eigenvalue weighted by Crippen LogP contribution is -2.32. The first-order valence-corrected chi connectivity index (χ1v) is 12.1. The Kier molecular flexibility index (Phi) is 4.80. The number of hydrogen-bond donors (Lipinski definition) is 2. The average Bonchev–Trinajstić information content (AvgIpc) is 3.61. The highest BCUT2D eigenvalue weighted by atomic mass is 19.1. The minimum absolute atomic E-state index is 0.00209. The number of pyridine rings is 2. The van der Waals surface area contributed by atoms with Gasteiger partial charge in [-0.3, -0.25) is 14.0 Å². The molecule has 4 aromatic rings. The van der Waals surface area contributed by atoms with Gasteiger partial charge in [-0.1, -0.05) is 12.1 Å². The highest BCUT2D eigenvalue weighted by Gasteiger charge is 2.40. The van der Waals surface area contributed by atoms with Crippen molar-refractivity contribution in [3.8, 4) is 11.3 Å². The van der Waals surface area contributed by atoms with Crippen LogP contribution in [0.25, 0.3) is 16.9 Å². The van der Waals surface area contributed by atoms with E-state index in [4.69, 9.17) is 9.72 Å². The van der Waals surface area contributed by atoms with Gasteiger partial charge in [0.05, 0.1) is 54.5 Å². The Morgan fingerprint density at radius 2 is 2.00 bits per heavy atom. The maximum absolute atomic E-state index is 13.7. The van der Waals surface area contributed by atoms with Crippen molar-refractivity contribution >= 4 is 29.0 Å². The van der Waals surface area contributed by atoms with E-state index in [1.807, 2.05) is 24.3 Å². The molecule has 0 saturated carbocycles. The molecule has 10 heteroatoms. The van der Waals surface area contributed by atoms with Crippen LogP contribution < -0.4 is 10.6 Å². The molecule has 37 heavy (non-hydrogen) atoms. The number of aromatic nitrogens is 3. The van der Waals surface area contributed by atoms with E-state index in [0.717, 1.165) is 28.1 Å². The van der Waals surface area contributed by atoms with Crippen LogP contribution in [0.5, 0.6) is 0 Å². The summed E-state index contributed by atoms with van der Waals surface area (Å²) in [6.07, 6.45) is 3.32. The number of halogens is 1. The minimum Gasteiger partial charge on any atom is -0.380 e. The van der Waals surface area contributed by atoms with E-state index < -0.39 is 0 Å². The summed E-state index contributed by atoms with van der Waals surface area (Å²) < 4.78 is 21.1. The van der Waals surface area contributed by atoms with Gasteiger partial charge >= 0.3 is 0 Å². The highest BCUT2D eigenvalue weighted by Crippen LogP contribution is 2.39. The summed E-state index contributed by atoms with van der Waals surface area (Å²) >= 11 is 0. The number of benzene rings is 1. The molecule has 7 rings (SSSR count). The number of hydrogen-bond acceptors (Lipinski definition) is 6. The van der Waals surface area contributed by atoms with Crippen molar-refractivity contribution in [3.63, 3.8) is 0 Å². The van der Waals surface area contributed by atoms with Crippen LogP contribution in [0.4, 0.5) is 15.9 Å². The molecule has 3 aliphatic heterocycles. The van der Waals surface area contributed by atoms with Gasteiger partial charge < -0.3 is 20.3 Å². The number of nitrogens with zero attached hydrogens (tertiary/aromatic N) is 4. The van der Waals surface area contributed by atoms with Crippen LogP contribution in [-0.2, 0) is 22.6 Å². The van der Waals surface area contributed by atoms with E-state index in [1.54, 1.807) is 28.7 Å². The molecule has 6 heterocycles. The first-order chi connectivity index (χ1) is 18.0. The van der Waals surface area contributed by atoms with E-state index in [9.17, 15) is 14.0 Å². The van der Waals surface area contributed by atoms with Gasteiger partial charge in [-0.25, -0.2) is 14.4 Å². The zero-order valence-corrected chi connectivity index (χ0v) is 20.0. The van der Waals surface area contributed by atoms with Crippen LogP contribution >= 0.6 is 0 Å². The quantitative estimate of drug-likeness (QED) is 0.450. The van der Waals surface area contributed by atoms with Crippen molar-refractivity contribution in [2.45, 2.75) is 19.0 Å². The number of imidazole rings is 1. The van der Waals surface area contributed by atoms with Gasteiger partial charge in [0.1, 0.15) is 17.3 Å². The number of nitrogens with one attached hydrogen (secondary N) is 2. The Bertz CT molecular complexity index is 1620. The average molecular weight is 499 g/mol. The smallest absolute Gasteiger partial charge is 0.254 e. The van der Waals surface area contributed by atoms with Gasteiger partial charge in [-0.05, 0) is 29.3 Å². The zero-order valence-electron chi connectivity index (χ0n) is 20.0. The topological polar surface area (TPSA) is 101 Å². The van der Waals surface area contributed by atoms with E-state index in [1.165, 1.54) is 12.1 Å². The number of anilines is 2. The maximum atomic E-state index is 13.7. The standard InChI is InChI=1S/C27H23FN6O3/c1-33-11-21-15(18-12-37-13-19(18)27(33)36)3-5-23(32-21)31-20-4-2-16(17-9-30-26(35)25(17)20)22-10-29-24-8-14(28)6-7-34(22)24/h2-8,10,18-19H,9,11-13H2,1H3,(H,30,35)(H,31,32)/t18-,19-/m1/s1. The summed E-state index contributed by atoms with van der Waals surface area (Å²) in [6.45, 7) is 1.74. The Hall–Kier alpha value is -4.31. The largest absolute Gasteiger partial charge is 0.380 e. The molecule has 1 aromatic carbocycles. The molecule has 186 valence electrons. The van der Waals surface area contributed by atoms with Gasteiger partial charge in [0.25, 0.3) is 5.91 Å². The fourth-order valence-electron chi connectivity index (χ4n) is 5.72. The van der Waals surface area contributed by atoms with Crippen LogP contribution in [0, 0.1) is 11.7 Å².